The van der Waals surface area contributed by atoms with E-state index < -0.39 is 14.6 Å². The summed E-state index contributed by atoms with van der Waals surface area (Å²) in [4.78, 5) is 0. The van der Waals surface area contributed by atoms with Crippen LogP contribution >= 0.6 is 11.3 Å². The van der Waals surface area contributed by atoms with Crippen molar-refractivity contribution in [3.8, 4) is 11.8 Å². The van der Waals surface area contributed by atoms with Crippen LogP contribution in [0.2, 0.25) is 0 Å². The molecule has 0 aliphatic heterocycles. The van der Waals surface area contributed by atoms with Gasteiger partial charge in [-0.15, -0.1) is 17.3 Å². The first-order chi connectivity index (χ1) is 13.3. The number of sulfone groups is 1. The fraction of sp³-hybridized carbons (Fsp3) is 0.318. The Morgan fingerprint density at radius 2 is 1.86 bits per heavy atom. The molecule has 1 aromatic heterocycles. The monoisotopic (exact) mass is 410 g/mol. The van der Waals surface area contributed by atoms with E-state index >= 15 is 0 Å². The van der Waals surface area contributed by atoms with Crippen LogP contribution in [0, 0.1) is 17.3 Å². The lowest BCUT2D eigenvalue weighted by Crippen LogP contribution is -2.39. The maximum atomic E-state index is 12.8. The lowest BCUT2D eigenvalue weighted by atomic mass is 10.00. The Bertz CT molecular complexity index is 1270. The van der Waals surface area contributed by atoms with E-state index in [1.165, 1.54) is 9.40 Å². The Balaban J connectivity index is 1.72. The van der Waals surface area contributed by atoms with Crippen LogP contribution in [0.5, 0.6) is 0 Å². The third-order valence-corrected chi connectivity index (χ3v) is 9.50. The minimum Gasteiger partial charge on any atom is -0.386 e. The number of fused-ring (bicyclic) bond motifs is 3. The van der Waals surface area contributed by atoms with Gasteiger partial charge >= 0.3 is 0 Å². The van der Waals surface area contributed by atoms with Crippen molar-refractivity contribution in [2.24, 2.45) is 5.73 Å². The normalized spacial score (nSPS) is 16.5. The Morgan fingerprint density at radius 3 is 2.46 bits per heavy atom. The fourth-order valence-corrected chi connectivity index (χ4v) is 7.07. The van der Waals surface area contributed by atoms with E-state index in [0.29, 0.717) is 12.8 Å². The average Bonchev–Trinajstić information content (AvgIpc) is 3.40. The molecule has 0 saturated heterocycles. The summed E-state index contributed by atoms with van der Waals surface area (Å²) in [6, 6.07) is 12.4. The topological polar surface area (TPSA) is 84.0 Å². The number of amidine groups is 1. The summed E-state index contributed by atoms with van der Waals surface area (Å²) in [5.41, 5.74) is 7.56. The maximum Gasteiger partial charge on any atom is 0.163 e. The van der Waals surface area contributed by atoms with Gasteiger partial charge in [-0.05, 0) is 61.6 Å². The van der Waals surface area contributed by atoms with Crippen LogP contribution in [-0.4, -0.2) is 24.8 Å². The molecule has 3 N–H and O–H groups in total. The highest BCUT2D eigenvalue weighted by Gasteiger charge is 2.57. The number of thiophene rings is 1. The van der Waals surface area contributed by atoms with Crippen molar-refractivity contribution in [3.63, 3.8) is 0 Å². The Labute approximate surface area is 169 Å². The van der Waals surface area contributed by atoms with Crippen LogP contribution in [0.15, 0.2) is 36.4 Å². The molecule has 28 heavy (non-hydrogen) atoms. The van der Waals surface area contributed by atoms with Crippen LogP contribution in [0.1, 0.15) is 43.7 Å². The highest BCUT2D eigenvalue weighted by atomic mass is 32.2. The van der Waals surface area contributed by atoms with Gasteiger partial charge in [0.15, 0.2) is 9.84 Å². The second-order valence-electron chi connectivity index (χ2n) is 7.53. The van der Waals surface area contributed by atoms with Crippen molar-refractivity contribution >= 4 is 47.2 Å². The summed E-state index contributed by atoms with van der Waals surface area (Å²) in [7, 11) is -3.46. The fourth-order valence-electron chi connectivity index (χ4n) is 3.77. The number of nitrogens with two attached hydrogens (primary N) is 1. The molecule has 0 bridgehead atoms. The molecule has 4 rings (SSSR count). The van der Waals surface area contributed by atoms with Crippen molar-refractivity contribution in [1.29, 1.82) is 5.41 Å². The average molecular weight is 411 g/mol. The third-order valence-electron chi connectivity index (χ3n) is 5.59. The van der Waals surface area contributed by atoms with Crippen molar-refractivity contribution in [3.05, 3.63) is 47.5 Å². The van der Waals surface area contributed by atoms with Gasteiger partial charge in [0.25, 0.3) is 0 Å². The van der Waals surface area contributed by atoms with Gasteiger partial charge in [-0.25, -0.2) is 8.42 Å². The maximum absolute atomic E-state index is 12.8. The van der Waals surface area contributed by atoms with Gasteiger partial charge in [-0.3, -0.25) is 5.41 Å². The Morgan fingerprint density at radius 1 is 1.21 bits per heavy atom. The van der Waals surface area contributed by atoms with E-state index in [-0.39, 0.29) is 17.5 Å². The standard InChI is InChI=1S/C22H22N2O2S2/c1-3-4-15-5-7-19-17(11-15)18-12-16(6-8-20(18)27-19)14(2)13-28(25,26)22(9-10-22)21(23)24/h5-8,11-12,14H,9-10,13H2,1-2H3,(H3,23,24)/t14-/m1/s1. The largest absolute Gasteiger partial charge is 0.386 e. The smallest absolute Gasteiger partial charge is 0.163 e. The molecule has 1 aliphatic carbocycles. The van der Waals surface area contributed by atoms with Crippen LogP contribution in [0.4, 0.5) is 0 Å². The number of nitrogens with one attached hydrogen (secondary N) is 1. The molecule has 0 unspecified atom stereocenters. The van der Waals surface area contributed by atoms with Gasteiger partial charge in [-0.1, -0.05) is 18.9 Å². The molecule has 0 amide bonds. The molecule has 0 spiro atoms. The zero-order valence-electron chi connectivity index (χ0n) is 15.9. The predicted octanol–water partition coefficient (Wildman–Crippen LogP) is 4.41. The zero-order valence-corrected chi connectivity index (χ0v) is 17.5. The number of rotatable bonds is 5. The molecule has 1 aliphatic rings. The first-order valence-corrected chi connectivity index (χ1v) is 11.7. The minimum absolute atomic E-state index is 0.00666. The SMILES string of the molecule is CC#Cc1ccc2sc3ccc([C@H](C)CS(=O)(=O)C4(C(=N)N)CC4)cc3c2c1. The molecular formula is C22H22N2O2S2. The van der Waals surface area contributed by atoms with Crippen molar-refractivity contribution in [2.45, 2.75) is 37.4 Å². The van der Waals surface area contributed by atoms with E-state index in [2.05, 4.69) is 36.1 Å². The molecule has 2 aromatic carbocycles. The second kappa shape index (κ2) is 6.61. The molecule has 0 radical (unpaired) electrons. The second-order valence-corrected chi connectivity index (χ2v) is 11.0. The van der Waals surface area contributed by atoms with Crippen molar-refractivity contribution in [2.75, 3.05) is 5.75 Å². The molecule has 144 valence electrons. The van der Waals surface area contributed by atoms with Gasteiger partial charge in [0.05, 0.1) is 5.75 Å². The number of hydrogen-bond donors (Lipinski definition) is 2. The first-order valence-electron chi connectivity index (χ1n) is 9.23. The summed E-state index contributed by atoms with van der Waals surface area (Å²) in [6.45, 7) is 3.75. The van der Waals surface area contributed by atoms with Gasteiger partial charge in [0, 0.05) is 25.7 Å². The van der Waals surface area contributed by atoms with Gasteiger partial charge < -0.3 is 5.73 Å². The van der Waals surface area contributed by atoms with E-state index in [1.807, 2.05) is 26.0 Å². The third kappa shape index (κ3) is 2.99. The van der Waals surface area contributed by atoms with E-state index in [9.17, 15) is 8.42 Å². The highest BCUT2D eigenvalue weighted by molar-refractivity contribution is 7.94. The zero-order chi connectivity index (χ0) is 20.1. The lowest BCUT2D eigenvalue weighted by molar-refractivity contribution is 0.583. The summed E-state index contributed by atoms with van der Waals surface area (Å²) in [5.74, 6) is 5.65. The number of benzene rings is 2. The van der Waals surface area contributed by atoms with Crippen molar-refractivity contribution in [1.82, 2.24) is 0 Å². The summed E-state index contributed by atoms with van der Waals surface area (Å²) in [5, 5.41) is 9.97. The van der Waals surface area contributed by atoms with Crippen LogP contribution in [0.3, 0.4) is 0 Å². The minimum atomic E-state index is -3.46. The molecule has 1 atom stereocenters. The van der Waals surface area contributed by atoms with Gasteiger partial charge in [-0.2, -0.15) is 0 Å². The quantitative estimate of drug-likeness (QED) is 0.371. The van der Waals surface area contributed by atoms with Crippen LogP contribution < -0.4 is 5.73 Å². The summed E-state index contributed by atoms with van der Waals surface area (Å²) in [6.07, 6.45) is 0.930. The predicted molar refractivity (Wildman–Crippen MR) is 118 cm³/mol. The van der Waals surface area contributed by atoms with Crippen LogP contribution in [-0.2, 0) is 9.84 Å². The first kappa shape index (κ1) is 19.0. The number of hydrogen-bond acceptors (Lipinski definition) is 4. The molecule has 3 aromatic rings. The molecule has 1 heterocycles. The Kier molecular flexibility index (Phi) is 4.48. The Hall–Kier alpha value is -2.36. The molecule has 4 nitrogen and oxygen atoms in total. The van der Waals surface area contributed by atoms with E-state index in [0.717, 1.165) is 21.9 Å². The lowest BCUT2D eigenvalue weighted by Gasteiger charge is -2.18. The van der Waals surface area contributed by atoms with Crippen molar-refractivity contribution < 1.29 is 8.42 Å². The molecule has 1 fully saturated rings. The summed E-state index contributed by atoms with van der Waals surface area (Å²) >= 11 is 1.73. The highest BCUT2D eigenvalue weighted by Crippen LogP contribution is 2.45. The van der Waals surface area contributed by atoms with Gasteiger partial charge in [0.1, 0.15) is 10.6 Å². The molecule has 6 heteroatoms. The molecule has 1 saturated carbocycles. The van der Waals surface area contributed by atoms with E-state index in [1.54, 1.807) is 11.3 Å². The van der Waals surface area contributed by atoms with E-state index in [4.69, 9.17) is 11.1 Å². The summed E-state index contributed by atoms with van der Waals surface area (Å²) < 4.78 is 27.0. The van der Waals surface area contributed by atoms with Gasteiger partial charge in [0.2, 0.25) is 0 Å². The van der Waals surface area contributed by atoms with Crippen LogP contribution in [0.25, 0.3) is 20.2 Å². The molecular weight excluding hydrogens is 388 g/mol.